The molecule has 3 nitrogen and oxygen atoms in total. The molecule has 0 amide bonds. The molecule has 2 aromatic rings. The summed E-state index contributed by atoms with van der Waals surface area (Å²) >= 11 is 0. The number of hydrogen-bond acceptors (Lipinski definition) is 1. The van der Waals surface area contributed by atoms with Crippen molar-refractivity contribution in [2.24, 2.45) is 10.7 Å². The molecule has 0 bridgehead atoms. The number of nitrogens with two attached hydrogens (primary N) is 1. The van der Waals surface area contributed by atoms with Crippen LogP contribution in [0.1, 0.15) is 5.56 Å². The van der Waals surface area contributed by atoms with Gasteiger partial charge in [-0.05, 0) is 17.7 Å². The number of nitrogens with one attached hydrogen (secondary N) is 1. The van der Waals surface area contributed by atoms with Gasteiger partial charge in [-0.3, -0.25) is 0 Å². The fourth-order valence-electron chi connectivity index (χ4n) is 1.47. The molecule has 0 fully saturated rings. The average Bonchev–Trinajstić information content (AvgIpc) is 2.39. The summed E-state index contributed by atoms with van der Waals surface area (Å²) in [6.07, 6.45) is 0. The predicted molar refractivity (Wildman–Crippen MR) is 79.1 cm³/mol. The molecule has 94 valence electrons. The second kappa shape index (κ2) is 7.35. The normalized spacial score (nSPS) is 10.6. The average molecular weight is 262 g/mol. The van der Waals surface area contributed by atoms with Gasteiger partial charge in [-0.15, -0.1) is 12.4 Å². The molecule has 0 radical (unpaired) electrons. The number of rotatable bonds is 3. The lowest BCUT2D eigenvalue weighted by atomic mass is 10.2. The van der Waals surface area contributed by atoms with E-state index in [0.717, 1.165) is 11.3 Å². The number of para-hydroxylation sites is 1. The molecule has 0 saturated carbocycles. The van der Waals surface area contributed by atoms with Crippen LogP contribution in [-0.4, -0.2) is 5.96 Å². The van der Waals surface area contributed by atoms with E-state index in [1.165, 1.54) is 0 Å². The van der Waals surface area contributed by atoms with Crippen molar-refractivity contribution in [3.8, 4) is 0 Å². The first kappa shape index (κ1) is 14.1. The van der Waals surface area contributed by atoms with Gasteiger partial charge in [0.05, 0.1) is 6.54 Å². The van der Waals surface area contributed by atoms with Crippen molar-refractivity contribution >= 4 is 24.1 Å². The van der Waals surface area contributed by atoms with Gasteiger partial charge in [0.1, 0.15) is 0 Å². The minimum Gasteiger partial charge on any atom is -0.370 e. The Bertz CT molecular complexity index is 483. The Balaban J connectivity index is 0.00000162. The van der Waals surface area contributed by atoms with Crippen molar-refractivity contribution in [2.45, 2.75) is 6.54 Å². The Kier molecular flexibility index (Phi) is 5.74. The van der Waals surface area contributed by atoms with E-state index in [-0.39, 0.29) is 12.4 Å². The van der Waals surface area contributed by atoms with Crippen LogP contribution in [0.4, 0.5) is 5.69 Å². The Morgan fingerprint density at radius 2 is 1.50 bits per heavy atom. The molecule has 2 aromatic carbocycles. The minimum atomic E-state index is 0. The van der Waals surface area contributed by atoms with Crippen molar-refractivity contribution in [3.63, 3.8) is 0 Å². The summed E-state index contributed by atoms with van der Waals surface area (Å²) in [6, 6.07) is 19.8. The largest absolute Gasteiger partial charge is 0.370 e. The summed E-state index contributed by atoms with van der Waals surface area (Å²) in [5.41, 5.74) is 7.88. The maximum Gasteiger partial charge on any atom is 0.193 e. The summed E-state index contributed by atoms with van der Waals surface area (Å²) in [6.45, 7) is 0.590. The number of halogens is 1. The van der Waals surface area contributed by atoms with Crippen LogP contribution in [0.3, 0.4) is 0 Å². The van der Waals surface area contributed by atoms with Crippen molar-refractivity contribution in [1.29, 1.82) is 0 Å². The first-order chi connectivity index (χ1) is 8.34. The van der Waals surface area contributed by atoms with Crippen LogP contribution in [0.25, 0.3) is 0 Å². The highest BCUT2D eigenvalue weighted by molar-refractivity contribution is 5.92. The van der Waals surface area contributed by atoms with Gasteiger partial charge < -0.3 is 11.1 Å². The number of aliphatic imine (C=N–C) groups is 1. The zero-order chi connectivity index (χ0) is 11.9. The molecule has 0 aliphatic heterocycles. The maximum atomic E-state index is 5.79. The molecular weight excluding hydrogens is 246 g/mol. The summed E-state index contributed by atoms with van der Waals surface area (Å²) in [7, 11) is 0. The number of guanidine groups is 1. The van der Waals surface area contributed by atoms with Gasteiger partial charge in [-0.25, -0.2) is 4.99 Å². The highest BCUT2D eigenvalue weighted by Gasteiger charge is 1.93. The van der Waals surface area contributed by atoms with Gasteiger partial charge in [-0.1, -0.05) is 48.5 Å². The lowest BCUT2D eigenvalue weighted by molar-refractivity contribution is 1.06. The molecule has 0 spiro atoms. The third kappa shape index (κ3) is 4.47. The maximum absolute atomic E-state index is 5.79. The van der Waals surface area contributed by atoms with Crippen LogP contribution < -0.4 is 11.1 Å². The third-order valence-electron chi connectivity index (χ3n) is 2.32. The molecule has 0 saturated heterocycles. The summed E-state index contributed by atoms with van der Waals surface area (Å²) in [4.78, 5) is 4.27. The fourth-order valence-corrected chi connectivity index (χ4v) is 1.47. The van der Waals surface area contributed by atoms with Crippen LogP contribution in [0.2, 0.25) is 0 Å². The molecule has 2 rings (SSSR count). The van der Waals surface area contributed by atoms with Gasteiger partial charge in [0.2, 0.25) is 0 Å². The summed E-state index contributed by atoms with van der Waals surface area (Å²) in [5.74, 6) is 0.431. The topological polar surface area (TPSA) is 50.4 Å². The Morgan fingerprint density at radius 3 is 2.11 bits per heavy atom. The van der Waals surface area contributed by atoms with Crippen LogP contribution >= 0.6 is 12.4 Å². The van der Waals surface area contributed by atoms with Gasteiger partial charge >= 0.3 is 0 Å². The molecule has 0 atom stereocenters. The molecular formula is C14H16ClN3. The number of benzene rings is 2. The first-order valence-corrected chi connectivity index (χ1v) is 5.50. The first-order valence-electron chi connectivity index (χ1n) is 5.50. The predicted octanol–water partition coefficient (Wildman–Crippen LogP) is 3.04. The number of hydrogen-bond donors (Lipinski definition) is 2. The monoisotopic (exact) mass is 261 g/mol. The second-order valence-corrected chi connectivity index (χ2v) is 3.68. The van der Waals surface area contributed by atoms with Crippen molar-refractivity contribution < 1.29 is 0 Å². The highest BCUT2D eigenvalue weighted by atomic mass is 35.5. The quantitative estimate of drug-likeness (QED) is 0.659. The van der Waals surface area contributed by atoms with E-state index in [0.29, 0.717) is 12.5 Å². The SMILES string of the molecule is Cl.NC(=NCc1ccccc1)Nc1ccccc1. The zero-order valence-corrected chi connectivity index (χ0v) is 10.7. The molecule has 0 aliphatic rings. The van der Waals surface area contributed by atoms with Crippen molar-refractivity contribution in [3.05, 3.63) is 66.2 Å². The van der Waals surface area contributed by atoms with Crippen molar-refractivity contribution in [2.75, 3.05) is 5.32 Å². The van der Waals surface area contributed by atoms with E-state index in [2.05, 4.69) is 10.3 Å². The van der Waals surface area contributed by atoms with Gasteiger partial charge in [0, 0.05) is 5.69 Å². The standard InChI is InChI=1S/C14H15N3.ClH/c15-14(17-13-9-5-2-6-10-13)16-11-12-7-3-1-4-8-12;/h1-10H,11H2,(H3,15,16,17);1H. The fraction of sp³-hybridized carbons (Fsp3) is 0.0714. The summed E-state index contributed by atoms with van der Waals surface area (Å²) in [5, 5.41) is 3.04. The Labute approximate surface area is 113 Å². The molecule has 0 unspecified atom stereocenters. The van der Waals surface area contributed by atoms with E-state index in [1.54, 1.807) is 0 Å². The van der Waals surface area contributed by atoms with Crippen LogP contribution in [0.5, 0.6) is 0 Å². The number of anilines is 1. The van der Waals surface area contributed by atoms with Crippen molar-refractivity contribution in [1.82, 2.24) is 0 Å². The molecule has 18 heavy (non-hydrogen) atoms. The second-order valence-electron chi connectivity index (χ2n) is 3.68. The smallest absolute Gasteiger partial charge is 0.193 e. The Hall–Kier alpha value is -2.00. The Morgan fingerprint density at radius 1 is 0.944 bits per heavy atom. The lowest BCUT2D eigenvalue weighted by Crippen LogP contribution is -2.22. The molecule has 0 aromatic heterocycles. The lowest BCUT2D eigenvalue weighted by Gasteiger charge is -2.04. The van der Waals surface area contributed by atoms with Crippen LogP contribution in [0, 0.1) is 0 Å². The molecule has 0 heterocycles. The molecule has 0 aliphatic carbocycles. The minimum absolute atomic E-state index is 0. The van der Waals surface area contributed by atoms with Gasteiger partial charge in [0.25, 0.3) is 0 Å². The molecule has 3 N–H and O–H groups in total. The van der Waals surface area contributed by atoms with Gasteiger partial charge in [-0.2, -0.15) is 0 Å². The van der Waals surface area contributed by atoms with E-state index in [9.17, 15) is 0 Å². The van der Waals surface area contributed by atoms with E-state index in [1.807, 2.05) is 60.7 Å². The third-order valence-corrected chi connectivity index (χ3v) is 2.32. The highest BCUT2D eigenvalue weighted by Crippen LogP contribution is 2.05. The molecule has 4 heteroatoms. The zero-order valence-electron chi connectivity index (χ0n) is 9.91. The van der Waals surface area contributed by atoms with E-state index < -0.39 is 0 Å². The van der Waals surface area contributed by atoms with Crippen LogP contribution in [-0.2, 0) is 6.54 Å². The van der Waals surface area contributed by atoms with Crippen LogP contribution in [0.15, 0.2) is 65.7 Å². The van der Waals surface area contributed by atoms with Gasteiger partial charge in [0.15, 0.2) is 5.96 Å². The van der Waals surface area contributed by atoms with E-state index in [4.69, 9.17) is 5.73 Å². The number of nitrogens with zero attached hydrogens (tertiary/aromatic N) is 1. The van der Waals surface area contributed by atoms with E-state index >= 15 is 0 Å². The summed E-state index contributed by atoms with van der Waals surface area (Å²) < 4.78 is 0.